The number of halogens is 2. The summed E-state index contributed by atoms with van der Waals surface area (Å²) in [7, 11) is 0. The van der Waals surface area contributed by atoms with Gasteiger partial charge in [-0.05, 0) is 66.0 Å². The highest BCUT2D eigenvalue weighted by atomic mass is 79.9. The lowest BCUT2D eigenvalue weighted by atomic mass is 10.2. The molecule has 0 bridgehead atoms. The minimum Gasteiger partial charge on any atom is -0.314 e. The highest BCUT2D eigenvalue weighted by Gasteiger charge is 2.19. The fourth-order valence-corrected chi connectivity index (χ4v) is 2.23. The van der Waals surface area contributed by atoms with Crippen LogP contribution < -0.4 is 10.6 Å². The van der Waals surface area contributed by atoms with Gasteiger partial charge in [0, 0.05) is 17.1 Å². The van der Waals surface area contributed by atoms with Crippen LogP contribution in [0.4, 0.5) is 0 Å². The molecule has 0 aliphatic heterocycles. The van der Waals surface area contributed by atoms with Crippen molar-refractivity contribution in [2.24, 2.45) is 0 Å². The maximum absolute atomic E-state index is 5.94. The summed E-state index contributed by atoms with van der Waals surface area (Å²) < 4.78 is 0.967. The molecule has 1 aromatic rings. The molecule has 0 unspecified atom stereocenters. The quantitative estimate of drug-likeness (QED) is 0.754. The van der Waals surface area contributed by atoms with E-state index < -0.39 is 0 Å². The molecule has 94 valence electrons. The average molecular weight is 318 g/mol. The van der Waals surface area contributed by atoms with Crippen LogP contribution >= 0.6 is 27.5 Å². The second-order valence-electron chi connectivity index (χ2n) is 4.51. The Hall–Kier alpha value is -0.0900. The van der Waals surface area contributed by atoms with Gasteiger partial charge in [-0.2, -0.15) is 0 Å². The summed E-state index contributed by atoms with van der Waals surface area (Å²) in [6.45, 7) is 3.08. The van der Waals surface area contributed by atoms with Crippen LogP contribution in [0.15, 0.2) is 22.7 Å². The Kier molecular flexibility index (Phi) is 5.29. The maximum Gasteiger partial charge on any atom is 0.0548 e. The highest BCUT2D eigenvalue weighted by molar-refractivity contribution is 9.10. The highest BCUT2D eigenvalue weighted by Crippen LogP contribution is 2.23. The van der Waals surface area contributed by atoms with Crippen molar-refractivity contribution in [1.29, 1.82) is 0 Å². The van der Waals surface area contributed by atoms with Gasteiger partial charge in [-0.15, -0.1) is 0 Å². The first-order valence-corrected chi connectivity index (χ1v) is 7.31. The third-order valence-electron chi connectivity index (χ3n) is 2.85. The van der Waals surface area contributed by atoms with E-state index >= 15 is 0 Å². The van der Waals surface area contributed by atoms with E-state index in [-0.39, 0.29) is 0 Å². The van der Waals surface area contributed by atoms with Crippen LogP contribution in [0.1, 0.15) is 24.8 Å². The second-order valence-corrected chi connectivity index (χ2v) is 5.77. The zero-order valence-corrected chi connectivity index (χ0v) is 12.1. The molecule has 1 fully saturated rings. The predicted molar refractivity (Wildman–Crippen MR) is 76.5 cm³/mol. The van der Waals surface area contributed by atoms with Crippen LogP contribution in [0.2, 0.25) is 5.02 Å². The zero-order valence-electron chi connectivity index (χ0n) is 9.81. The molecular weight excluding hydrogens is 300 g/mol. The SMILES string of the molecule is Clc1ccc(CNCCCNC2CC2)cc1Br. The average Bonchev–Trinajstić information content (AvgIpc) is 3.12. The van der Waals surface area contributed by atoms with Crippen molar-refractivity contribution in [3.05, 3.63) is 33.3 Å². The standard InChI is InChI=1S/C13H18BrClN2/c14-12-8-10(2-5-13(12)15)9-16-6-1-7-17-11-3-4-11/h2,5,8,11,16-17H,1,3-4,6-7,9H2. The van der Waals surface area contributed by atoms with Crippen molar-refractivity contribution in [2.45, 2.75) is 31.8 Å². The molecule has 4 heteroatoms. The number of hydrogen-bond acceptors (Lipinski definition) is 2. The molecule has 1 saturated carbocycles. The lowest BCUT2D eigenvalue weighted by Crippen LogP contribution is -2.23. The monoisotopic (exact) mass is 316 g/mol. The van der Waals surface area contributed by atoms with Crippen molar-refractivity contribution < 1.29 is 0 Å². The van der Waals surface area contributed by atoms with Crippen LogP contribution in [0, 0.1) is 0 Å². The molecule has 1 aliphatic carbocycles. The van der Waals surface area contributed by atoms with E-state index in [1.54, 1.807) is 0 Å². The van der Waals surface area contributed by atoms with E-state index in [0.29, 0.717) is 0 Å². The fourth-order valence-electron chi connectivity index (χ4n) is 1.69. The van der Waals surface area contributed by atoms with Crippen molar-refractivity contribution in [1.82, 2.24) is 10.6 Å². The molecular formula is C13H18BrClN2. The summed E-state index contributed by atoms with van der Waals surface area (Å²) in [4.78, 5) is 0. The molecule has 0 amide bonds. The Balaban J connectivity index is 1.58. The van der Waals surface area contributed by atoms with Crippen molar-refractivity contribution in [3.8, 4) is 0 Å². The first kappa shape index (κ1) is 13.3. The normalized spacial score (nSPS) is 15.2. The maximum atomic E-state index is 5.94. The molecule has 0 aromatic heterocycles. The largest absolute Gasteiger partial charge is 0.314 e. The Labute approximate surface area is 116 Å². The number of nitrogens with one attached hydrogen (secondary N) is 2. The van der Waals surface area contributed by atoms with Gasteiger partial charge < -0.3 is 10.6 Å². The summed E-state index contributed by atoms with van der Waals surface area (Å²) in [5.74, 6) is 0. The van der Waals surface area contributed by atoms with E-state index in [0.717, 1.165) is 35.2 Å². The van der Waals surface area contributed by atoms with Crippen molar-refractivity contribution in [3.63, 3.8) is 0 Å². The molecule has 0 radical (unpaired) electrons. The molecule has 1 aliphatic rings. The number of rotatable bonds is 7. The van der Waals surface area contributed by atoms with Gasteiger partial charge in [0.1, 0.15) is 0 Å². The van der Waals surface area contributed by atoms with Gasteiger partial charge in [0.25, 0.3) is 0 Å². The molecule has 0 atom stereocenters. The van der Waals surface area contributed by atoms with E-state index in [2.05, 4.69) is 38.7 Å². The topological polar surface area (TPSA) is 24.1 Å². The number of hydrogen-bond donors (Lipinski definition) is 2. The van der Waals surface area contributed by atoms with Crippen LogP contribution in [-0.2, 0) is 6.54 Å². The minimum absolute atomic E-state index is 0.766. The van der Waals surface area contributed by atoms with Gasteiger partial charge in [-0.1, -0.05) is 17.7 Å². The second kappa shape index (κ2) is 6.74. The van der Waals surface area contributed by atoms with E-state index in [9.17, 15) is 0 Å². The third kappa shape index (κ3) is 4.96. The molecule has 2 nitrogen and oxygen atoms in total. The Bertz CT molecular complexity index is 366. The first-order valence-electron chi connectivity index (χ1n) is 6.14. The van der Waals surface area contributed by atoms with E-state index in [4.69, 9.17) is 11.6 Å². The van der Waals surface area contributed by atoms with Gasteiger partial charge in [0.2, 0.25) is 0 Å². The summed E-state index contributed by atoms with van der Waals surface area (Å²) in [6.07, 6.45) is 3.92. The van der Waals surface area contributed by atoms with Crippen LogP contribution in [0.5, 0.6) is 0 Å². The first-order chi connectivity index (χ1) is 8.25. The van der Waals surface area contributed by atoms with Gasteiger partial charge >= 0.3 is 0 Å². The molecule has 0 spiro atoms. The molecule has 2 rings (SSSR count). The Morgan fingerprint density at radius 2 is 2.12 bits per heavy atom. The van der Waals surface area contributed by atoms with Gasteiger partial charge in [-0.3, -0.25) is 0 Å². The smallest absolute Gasteiger partial charge is 0.0548 e. The zero-order chi connectivity index (χ0) is 12.1. The van der Waals surface area contributed by atoms with Crippen molar-refractivity contribution >= 4 is 27.5 Å². The van der Waals surface area contributed by atoms with E-state index in [1.165, 1.54) is 24.8 Å². The Morgan fingerprint density at radius 3 is 2.82 bits per heavy atom. The van der Waals surface area contributed by atoms with Crippen LogP contribution in [0.3, 0.4) is 0 Å². The molecule has 2 N–H and O–H groups in total. The summed E-state index contributed by atoms with van der Waals surface area (Å²) in [5, 5.41) is 7.71. The predicted octanol–water partition coefficient (Wildman–Crippen LogP) is 3.33. The van der Waals surface area contributed by atoms with Crippen LogP contribution in [0.25, 0.3) is 0 Å². The van der Waals surface area contributed by atoms with Crippen LogP contribution in [-0.4, -0.2) is 19.1 Å². The number of benzene rings is 1. The fraction of sp³-hybridized carbons (Fsp3) is 0.538. The molecule has 0 saturated heterocycles. The lowest BCUT2D eigenvalue weighted by molar-refractivity contribution is 0.593. The molecule has 17 heavy (non-hydrogen) atoms. The van der Waals surface area contributed by atoms with Gasteiger partial charge in [0.15, 0.2) is 0 Å². The van der Waals surface area contributed by atoms with E-state index in [1.807, 2.05) is 6.07 Å². The summed E-state index contributed by atoms with van der Waals surface area (Å²) in [5.41, 5.74) is 1.26. The lowest BCUT2D eigenvalue weighted by Gasteiger charge is -2.06. The minimum atomic E-state index is 0.766. The summed E-state index contributed by atoms with van der Waals surface area (Å²) in [6, 6.07) is 6.87. The van der Waals surface area contributed by atoms with Gasteiger partial charge in [-0.25, -0.2) is 0 Å². The Morgan fingerprint density at radius 1 is 1.29 bits per heavy atom. The van der Waals surface area contributed by atoms with Gasteiger partial charge in [0.05, 0.1) is 5.02 Å². The third-order valence-corrected chi connectivity index (χ3v) is 4.07. The van der Waals surface area contributed by atoms with Crippen molar-refractivity contribution in [2.75, 3.05) is 13.1 Å². The molecule has 1 aromatic carbocycles. The molecule has 0 heterocycles. The summed E-state index contributed by atoms with van der Waals surface area (Å²) >= 11 is 9.38.